The third-order valence-electron chi connectivity index (χ3n) is 5.72. The molecule has 104 valence electrons. The van der Waals surface area contributed by atoms with Gasteiger partial charge in [0.1, 0.15) is 0 Å². The first-order chi connectivity index (χ1) is 8.83. The third kappa shape index (κ3) is 2.21. The SMILES string of the molecule is COCC(CCO)NC1CC2CC1C1CCCC21. The molecule has 2 bridgehead atoms. The van der Waals surface area contributed by atoms with E-state index < -0.39 is 0 Å². The summed E-state index contributed by atoms with van der Waals surface area (Å²) < 4.78 is 5.26. The van der Waals surface area contributed by atoms with Crippen molar-refractivity contribution in [3.63, 3.8) is 0 Å². The molecule has 0 aromatic rings. The number of nitrogens with one attached hydrogen (secondary N) is 1. The molecule has 0 aliphatic heterocycles. The summed E-state index contributed by atoms with van der Waals surface area (Å²) in [6.45, 7) is 0.983. The first-order valence-corrected chi connectivity index (χ1v) is 7.69. The zero-order chi connectivity index (χ0) is 12.5. The average Bonchev–Trinajstić information content (AvgIpc) is 3.00. The average molecular weight is 253 g/mol. The monoisotopic (exact) mass is 253 g/mol. The minimum atomic E-state index is 0.258. The molecule has 3 aliphatic carbocycles. The Bertz CT molecular complexity index is 278. The molecule has 3 aliphatic rings. The summed E-state index contributed by atoms with van der Waals surface area (Å²) >= 11 is 0. The minimum absolute atomic E-state index is 0.258. The largest absolute Gasteiger partial charge is 0.396 e. The summed E-state index contributed by atoms with van der Waals surface area (Å²) in [5.41, 5.74) is 0. The predicted octanol–water partition coefficient (Wildman–Crippen LogP) is 1.80. The maximum Gasteiger partial charge on any atom is 0.0616 e. The van der Waals surface area contributed by atoms with Crippen molar-refractivity contribution in [1.29, 1.82) is 0 Å². The first-order valence-electron chi connectivity index (χ1n) is 7.69. The maximum atomic E-state index is 9.12. The Balaban J connectivity index is 1.58. The van der Waals surface area contributed by atoms with Gasteiger partial charge in [0.05, 0.1) is 6.61 Å². The molecule has 0 heterocycles. The van der Waals surface area contributed by atoms with E-state index in [2.05, 4.69) is 5.32 Å². The highest BCUT2D eigenvalue weighted by Gasteiger charge is 2.53. The molecule has 0 amide bonds. The number of methoxy groups -OCH3 is 1. The summed E-state index contributed by atoms with van der Waals surface area (Å²) in [5, 5.41) is 12.9. The second-order valence-corrected chi connectivity index (χ2v) is 6.59. The molecule has 6 unspecified atom stereocenters. The van der Waals surface area contributed by atoms with Crippen LogP contribution in [-0.2, 0) is 4.74 Å². The van der Waals surface area contributed by atoms with Gasteiger partial charge in [0, 0.05) is 25.8 Å². The van der Waals surface area contributed by atoms with E-state index in [0.717, 1.165) is 36.7 Å². The van der Waals surface area contributed by atoms with Gasteiger partial charge >= 0.3 is 0 Å². The van der Waals surface area contributed by atoms with Crippen molar-refractivity contribution in [3.8, 4) is 0 Å². The van der Waals surface area contributed by atoms with Crippen LogP contribution in [0.15, 0.2) is 0 Å². The van der Waals surface area contributed by atoms with Gasteiger partial charge in [0.15, 0.2) is 0 Å². The lowest BCUT2D eigenvalue weighted by molar-refractivity contribution is 0.123. The van der Waals surface area contributed by atoms with Crippen LogP contribution in [0.25, 0.3) is 0 Å². The lowest BCUT2D eigenvalue weighted by Crippen LogP contribution is -2.46. The summed E-state index contributed by atoms with van der Waals surface area (Å²) in [4.78, 5) is 0. The van der Waals surface area contributed by atoms with E-state index in [9.17, 15) is 0 Å². The molecule has 0 spiro atoms. The van der Waals surface area contributed by atoms with Crippen LogP contribution in [0.3, 0.4) is 0 Å². The topological polar surface area (TPSA) is 41.5 Å². The van der Waals surface area contributed by atoms with E-state index in [-0.39, 0.29) is 6.61 Å². The van der Waals surface area contributed by atoms with Gasteiger partial charge in [-0.15, -0.1) is 0 Å². The number of aliphatic hydroxyl groups is 1. The highest BCUT2D eigenvalue weighted by atomic mass is 16.5. The lowest BCUT2D eigenvalue weighted by atomic mass is 9.79. The molecule has 3 nitrogen and oxygen atoms in total. The minimum Gasteiger partial charge on any atom is -0.396 e. The van der Waals surface area contributed by atoms with E-state index in [1.54, 1.807) is 7.11 Å². The number of aliphatic hydroxyl groups excluding tert-OH is 1. The molecule has 0 saturated heterocycles. The van der Waals surface area contributed by atoms with Gasteiger partial charge in [-0.3, -0.25) is 0 Å². The van der Waals surface area contributed by atoms with Gasteiger partial charge in [0.25, 0.3) is 0 Å². The van der Waals surface area contributed by atoms with E-state index in [0.29, 0.717) is 12.1 Å². The van der Waals surface area contributed by atoms with Crippen molar-refractivity contribution in [2.75, 3.05) is 20.3 Å². The van der Waals surface area contributed by atoms with Crippen LogP contribution in [0, 0.1) is 23.7 Å². The Morgan fingerprint density at radius 1 is 1.22 bits per heavy atom. The molecular formula is C15H27NO2. The Morgan fingerprint density at radius 2 is 2.06 bits per heavy atom. The molecular weight excluding hydrogens is 226 g/mol. The van der Waals surface area contributed by atoms with Crippen molar-refractivity contribution >= 4 is 0 Å². The van der Waals surface area contributed by atoms with Gasteiger partial charge in [0.2, 0.25) is 0 Å². The zero-order valence-electron chi connectivity index (χ0n) is 11.5. The Morgan fingerprint density at radius 3 is 2.83 bits per heavy atom. The Hall–Kier alpha value is -0.120. The van der Waals surface area contributed by atoms with E-state index in [1.165, 1.54) is 32.1 Å². The van der Waals surface area contributed by atoms with Crippen LogP contribution in [0.1, 0.15) is 38.5 Å². The van der Waals surface area contributed by atoms with Crippen molar-refractivity contribution < 1.29 is 9.84 Å². The number of rotatable bonds is 6. The van der Waals surface area contributed by atoms with Crippen LogP contribution in [0.4, 0.5) is 0 Å². The standard InChI is InChI=1S/C15H27NO2/c1-18-9-11(5-6-17)16-15-8-10-7-14(15)13-4-2-3-12(10)13/h10-17H,2-9H2,1H3. The number of hydrogen-bond acceptors (Lipinski definition) is 3. The van der Waals surface area contributed by atoms with E-state index >= 15 is 0 Å². The molecule has 3 fully saturated rings. The molecule has 18 heavy (non-hydrogen) atoms. The van der Waals surface area contributed by atoms with Gasteiger partial charge in [-0.1, -0.05) is 6.42 Å². The fourth-order valence-electron chi connectivity index (χ4n) is 5.13. The molecule has 0 aromatic carbocycles. The smallest absolute Gasteiger partial charge is 0.0616 e. The predicted molar refractivity (Wildman–Crippen MR) is 71.3 cm³/mol. The highest BCUT2D eigenvalue weighted by Crippen LogP contribution is 2.58. The Kier molecular flexibility index (Phi) is 3.92. The summed E-state index contributed by atoms with van der Waals surface area (Å²) in [7, 11) is 1.75. The van der Waals surface area contributed by atoms with Crippen molar-refractivity contribution in [3.05, 3.63) is 0 Å². The van der Waals surface area contributed by atoms with Crippen molar-refractivity contribution in [2.45, 2.75) is 50.6 Å². The van der Waals surface area contributed by atoms with Crippen LogP contribution in [0.2, 0.25) is 0 Å². The summed E-state index contributed by atoms with van der Waals surface area (Å²) in [6, 6.07) is 1.03. The van der Waals surface area contributed by atoms with Gasteiger partial charge in [-0.25, -0.2) is 0 Å². The van der Waals surface area contributed by atoms with Gasteiger partial charge < -0.3 is 15.2 Å². The second-order valence-electron chi connectivity index (χ2n) is 6.59. The van der Waals surface area contributed by atoms with E-state index in [1.807, 2.05) is 0 Å². The fraction of sp³-hybridized carbons (Fsp3) is 1.00. The molecule has 0 aromatic heterocycles. The summed E-state index contributed by atoms with van der Waals surface area (Å²) in [5.74, 6) is 3.99. The number of fused-ring (bicyclic) bond motifs is 5. The van der Waals surface area contributed by atoms with E-state index in [4.69, 9.17) is 9.84 Å². The van der Waals surface area contributed by atoms with Crippen LogP contribution in [-0.4, -0.2) is 37.5 Å². The zero-order valence-corrected chi connectivity index (χ0v) is 11.5. The molecule has 6 atom stereocenters. The van der Waals surface area contributed by atoms with Crippen LogP contribution >= 0.6 is 0 Å². The highest BCUT2D eigenvalue weighted by molar-refractivity contribution is 5.06. The maximum absolute atomic E-state index is 9.12. The molecule has 3 heteroatoms. The number of hydrogen-bond donors (Lipinski definition) is 2. The number of ether oxygens (including phenoxy) is 1. The van der Waals surface area contributed by atoms with Gasteiger partial charge in [-0.05, 0) is 55.8 Å². The fourth-order valence-corrected chi connectivity index (χ4v) is 5.13. The van der Waals surface area contributed by atoms with Crippen LogP contribution in [0.5, 0.6) is 0 Å². The molecule has 2 N–H and O–H groups in total. The van der Waals surface area contributed by atoms with Crippen molar-refractivity contribution in [1.82, 2.24) is 5.32 Å². The second kappa shape index (κ2) is 5.48. The lowest BCUT2D eigenvalue weighted by Gasteiger charge is -2.34. The molecule has 3 rings (SSSR count). The molecule has 0 radical (unpaired) electrons. The normalized spacial score (nSPS) is 43.3. The first kappa shape index (κ1) is 12.9. The Labute approximate surface area is 110 Å². The summed E-state index contributed by atoms with van der Waals surface area (Å²) in [6.07, 6.45) is 8.09. The van der Waals surface area contributed by atoms with Crippen LogP contribution < -0.4 is 5.32 Å². The molecule has 3 saturated carbocycles. The third-order valence-corrected chi connectivity index (χ3v) is 5.72. The van der Waals surface area contributed by atoms with Crippen molar-refractivity contribution in [2.24, 2.45) is 23.7 Å². The van der Waals surface area contributed by atoms with Gasteiger partial charge in [-0.2, -0.15) is 0 Å². The quantitative estimate of drug-likeness (QED) is 0.758.